The van der Waals surface area contributed by atoms with E-state index in [1.165, 1.54) is 0 Å². The molecule has 0 radical (unpaired) electrons. The summed E-state index contributed by atoms with van der Waals surface area (Å²) in [7, 11) is 0. The topological polar surface area (TPSA) is 111 Å². The fourth-order valence-electron chi connectivity index (χ4n) is 3.44. The lowest BCUT2D eigenvalue weighted by molar-refractivity contribution is 0.625. The van der Waals surface area contributed by atoms with Gasteiger partial charge in [-0.2, -0.15) is 10.2 Å². The van der Waals surface area contributed by atoms with Gasteiger partial charge in [0, 0.05) is 47.5 Å². The lowest BCUT2D eigenvalue weighted by atomic mass is 10.1. The van der Waals surface area contributed by atoms with Crippen molar-refractivity contribution in [1.82, 2.24) is 34.9 Å². The van der Waals surface area contributed by atoms with Crippen LogP contribution in [0.3, 0.4) is 0 Å². The molecule has 0 saturated carbocycles. The predicted molar refractivity (Wildman–Crippen MR) is 115 cm³/mol. The minimum atomic E-state index is 0.546. The van der Waals surface area contributed by atoms with Crippen LogP contribution in [0.2, 0.25) is 0 Å². The highest BCUT2D eigenvalue weighted by atomic mass is 15.3. The number of hydrogen-bond acceptors (Lipinski definition) is 6. The molecule has 5 aromatic rings. The molecule has 0 aliphatic rings. The minimum absolute atomic E-state index is 0.546. The first kappa shape index (κ1) is 18.1. The van der Waals surface area contributed by atoms with Crippen LogP contribution < -0.4 is 5.73 Å². The summed E-state index contributed by atoms with van der Waals surface area (Å²) in [6.07, 6.45) is 7.48. The molecule has 0 saturated heterocycles. The summed E-state index contributed by atoms with van der Waals surface area (Å²) in [4.78, 5) is 14.0. The smallest absolute Gasteiger partial charge is 0.120 e. The number of H-pyrrole nitrogens is 1. The van der Waals surface area contributed by atoms with Crippen molar-refractivity contribution in [1.29, 1.82) is 0 Å². The number of hydrogen-bond donors (Lipinski definition) is 2. The average molecular weight is 396 g/mol. The van der Waals surface area contributed by atoms with Crippen LogP contribution in [0.25, 0.3) is 44.8 Å². The lowest BCUT2D eigenvalue weighted by Gasteiger charge is -2.05. The zero-order valence-corrected chi connectivity index (χ0v) is 16.4. The van der Waals surface area contributed by atoms with Gasteiger partial charge < -0.3 is 5.73 Å². The van der Waals surface area contributed by atoms with Gasteiger partial charge in [-0.15, -0.1) is 0 Å². The van der Waals surface area contributed by atoms with Gasteiger partial charge in [0.15, 0.2) is 0 Å². The average Bonchev–Trinajstić information content (AvgIpc) is 3.43. The Morgan fingerprint density at radius 1 is 1.00 bits per heavy atom. The van der Waals surface area contributed by atoms with E-state index in [9.17, 15) is 0 Å². The molecule has 0 spiro atoms. The van der Waals surface area contributed by atoms with E-state index < -0.39 is 0 Å². The Labute approximate surface area is 172 Å². The van der Waals surface area contributed by atoms with Crippen LogP contribution in [-0.4, -0.2) is 41.5 Å². The van der Waals surface area contributed by atoms with Crippen molar-refractivity contribution < 1.29 is 0 Å². The summed E-state index contributed by atoms with van der Waals surface area (Å²) in [5.41, 5.74) is 13.4. The van der Waals surface area contributed by atoms with Crippen molar-refractivity contribution in [3.8, 4) is 33.8 Å². The van der Waals surface area contributed by atoms with Gasteiger partial charge in [0.25, 0.3) is 0 Å². The van der Waals surface area contributed by atoms with Crippen molar-refractivity contribution in [2.24, 2.45) is 5.73 Å². The van der Waals surface area contributed by atoms with Gasteiger partial charge in [-0.3, -0.25) is 19.7 Å². The first-order valence-corrected chi connectivity index (χ1v) is 9.69. The number of aromatic nitrogens is 7. The Bertz CT molecular complexity index is 1330. The molecule has 0 aliphatic heterocycles. The zero-order valence-electron chi connectivity index (χ0n) is 16.4. The summed E-state index contributed by atoms with van der Waals surface area (Å²) in [6.45, 7) is 3.19. The van der Waals surface area contributed by atoms with Crippen LogP contribution in [0.4, 0.5) is 0 Å². The van der Waals surface area contributed by atoms with Crippen molar-refractivity contribution in [3.63, 3.8) is 0 Å². The first-order valence-electron chi connectivity index (χ1n) is 9.69. The number of nitrogens with two attached hydrogens (primary N) is 1. The number of pyridine rings is 3. The number of nitrogens with one attached hydrogen (secondary N) is 1. The van der Waals surface area contributed by atoms with Gasteiger partial charge in [0.05, 0.1) is 35.2 Å². The summed E-state index contributed by atoms with van der Waals surface area (Å²) >= 11 is 0. The Kier molecular flexibility index (Phi) is 4.53. The summed E-state index contributed by atoms with van der Waals surface area (Å²) in [5, 5.41) is 11.7. The van der Waals surface area contributed by atoms with Crippen LogP contribution >= 0.6 is 0 Å². The van der Waals surface area contributed by atoms with E-state index in [-0.39, 0.29) is 0 Å². The standard InChI is InChI=1S/C22H20N8/c1-14-3-2-4-20(27-14)22-17(12-25-29-22)18-5-6-19-21(28-18)9-15(10-24-19)16-11-26-30(13-16)8-7-23/h2-6,9-13H,7-8,23H2,1H3,(H,25,29). The molecule has 3 N–H and O–H groups in total. The third-order valence-corrected chi connectivity index (χ3v) is 4.91. The molecule has 30 heavy (non-hydrogen) atoms. The Hall–Kier alpha value is -3.91. The van der Waals surface area contributed by atoms with E-state index in [0.717, 1.165) is 50.5 Å². The lowest BCUT2D eigenvalue weighted by Crippen LogP contribution is -2.09. The van der Waals surface area contributed by atoms with Gasteiger partial charge in [-0.25, -0.2) is 4.98 Å². The summed E-state index contributed by atoms with van der Waals surface area (Å²) < 4.78 is 1.83. The molecular formula is C22H20N8. The summed E-state index contributed by atoms with van der Waals surface area (Å²) in [6, 6.07) is 11.9. The third-order valence-electron chi connectivity index (χ3n) is 4.91. The molecule has 0 aromatic carbocycles. The van der Waals surface area contributed by atoms with Crippen molar-refractivity contribution in [3.05, 3.63) is 66.9 Å². The molecule has 8 heteroatoms. The van der Waals surface area contributed by atoms with Gasteiger partial charge in [-0.05, 0) is 37.3 Å². The number of fused-ring (bicyclic) bond motifs is 1. The third kappa shape index (κ3) is 3.33. The van der Waals surface area contributed by atoms with E-state index in [4.69, 9.17) is 10.7 Å². The van der Waals surface area contributed by atoms with Gasteiger partial charge in [-0.1, -0.05) is 6.07 Å². The maximum Gasteiger partial charge on any atom is 0.120 e. The molecule has 0 amide bonds. The number of aromatic amines is 1. The second kappa shape index (κ2) is 7.49. The Morgan fingerprint density at radius 3 is 2.80 bits per heavy atom. The largest absolute Gasteiger partial charge is 0.329 e. The van der Waals surface area contributed by atoms with E-state index in [1.54, 1.807) is 0 Å². The van der Waals surface area contributed by atoms with Crippen LogP contribution in [0.15, 0.2) is 61.2 Å². The monoisotopic (exact) mass is 396 g/mol. The molecule has 148 valence electrons. The van der Waals surface area contributed by atoms with Gasteiger partial charge in [0.1, 0.15) is 5.69 Å². The van der Waals surface area contributed by atoms with Crippen molar-refractivity contribution >= 4 is 11.0 Å². The fraction of sp³-hybridized carbons (Fsp3) is 0.136. The van der Waals surface area contributed by atoms with E-state index in [2.05, 4.69) is 25.3 Å². The molecule has 5 heterocycles. The van der Waals surface area contributed by atoms with Crippen molar-refractivity contribution in [2.75, 3.05) is 6.54 Å². The van der Waals surface area contributed by atoms with Gasteiger partial charge >= 0.3 is 0 Å². The molecule has 0 bridgehead atoms. The Morgan fingerprint density at radius 2 is 1.93 bits per heavy atom. The summed E-state index contributed by atoms with van der Waals surface area (Å²) in [5.74, 6) is 0. The van der Waals surface area contributed by atoms with E-state index >= 15 is 0 Å². The molecule has 0 aliphatic carbocycles. The molecule has 5 aromatic heterocycles. The maximum absolute atomic E-state index is 5.61. The quantitative estimate of drug-likeness (QED) is 0.472. The number of aryl methyl sites for hydroxylation is 1. The van der Waals surface area contributed by atoms with E-state index in [1.807, 2.05) is 72.8 Å². The molecule has 0 atom stereocenters. The highest BCUT2D eigenvalue weighted by molar-refractivity contribution is 5.84. The molecule has 5 rings (SSSR count). The minimum Gasteiger partial charge on any atom is -0.329 e. The maximum atomic E-state index is 5.61. The first-order chi connectivity index (χ1) is 14.7. The van der Waals surface area contributed by atoms with Crippen LogP contribution in [0.5, 0.6) is 0 Å². The van der Waals surface area contributed by atoms with Crippen molar-refractivity contribution in [2.45, 2.75) is 13.5 Å². The molecular weight excluding hydrogens is 376 g/mol. The molecule has 0 fully saturated rings. The highest BCUT2D eigenvalue weighted by Crippen LogP contribution is 2.30. The Balaban J connectivity index is 1.56. The van der Waals surface area contributed by atoms with Crippen LogP contribution in [0, 0.1) is 6.92 Å². The van der Waals surface area contributed by atoms with Gasteiger partial charge in [0.2, 0.25) is 0 Å². The fourth-order valence-corrected chi connectivity index (χ4v) is 3.44. The second-order valence-corrected chi connectivity index (χ2v) is 7.05. The normalized spacial score (nSPS) is 11.3. The SMILES string of the molecule is Cc1cccc(-c2n[nH]cc2-c2ccc3ncc(-c4cnn(CCN)c4)cc3n2)n1. The van der Waals surface area contributed by atoms with Crippen LogP contribution in [0.1, 0.15) is 5.69 Å². The van der Waals surface area contributed by atoms with Crippen LogP contribution in [-0.2, 0) is 6.54 Å². The zero-order chi connectivity index (χ0) is 20.5. The second-order valence-electron chi connectivity index (χ2n) is 7.05. The molecule has 8 nitrogen and oxygen atoms in total. The predicted octanol–water partition coefficient (Wildman–Crippen LogP) is 3.21. The van der Waals surface area contributed by atoms with E-state index in [0.29, 0.717) is 13.1 Å². The number of rotatable bonds is 5. The number of nitrogens with zero attached hydrogens (tertiary/aromatic N) is 6. The molecule has 0 unspecified atom stereocenters. The highest BCUT2D eigenvalue weighted by Gasteiger charge is 2.14.